The van der Waals surface area contributed by atoms with E-state index in [2.05, 4.69) is 5.32 Å². The molecule has 1 aromatic rings. The fourth-order valence-corrected chi connectivity index (χ4v) is 2.75. The monoisotopic (exact) mass is 303 g/mol. The van der Waals surface area contributed by atoms with Crippen LogP contribution in [0.4, 0.5) is 0 Å². The average Bonchev–Trinajstić information content (AvgIpc) is 2.55. The molecule has 0 unspecified atom stereocenters. The zero-order valence-electron chi connectivity index (χ0n) is 13.5. The third kappa shape index (κ3) is 4.56. The zero-order valence-corrected chi connectivity index (χ0v) is 13.5. The third-order valence-corrected chi connectivity index (χ3v) is 4.01. The maximum atomic E-state index is 12.2. The predicted octanol–water partition coefficient (Wildman–Crippen LogP) is 1.49. The van der Waals surface area contributed by atoms with Crippen LogP contribution in [0.3, 0.4) is 0 Å². The van der Waals surface area contributed by atoms with Crippen molar-refractivity contribution < 1.29 is 9.59 Å². The van der Waals surface area contributed by atoms with Gasteiger partial charge in [0.25, 0.3) is 5.91 Å². The highest BCUT2D eigenvalue weighted by Gasteiger charge is 2.17. The molecule has 5 nitrogen and oxygen atoms in total. The lowest BCUT2D eigenvalue weighted by atomic mass is 10.1. The Labute approximate surface area is 132 Å². The highest BCUT2D eigenvalue weighted by atomic mass is 16.2. The van der Waals surface area contributed by atoms with E-state index >= 15 is 0 Å². The summed E-state index contributed by atoms with van der Waals surface area (Å²) in [5, 5.41) is 2.60. The van der Waals surface area contributed by atoms with Gasteiger partial charge < -0.3 is 10.2 Å². The van der Waals surface area contributed by atoms with Crippen LogP contribution in [0.1, 0.15) is 35.2 Å². The number of carbonyl (C=O) groups excluding carboxylic acids is 2. The van der Waals surface area contributed by atoms with Gasteiger partial charge >= 0.3 is 0 Å². The van der Waals surface area contributed by atoms with Crippen LogP contribution in [0.5, 0.6) is 0 Å². The number of piperidine rings is 1. The van der Waals surface area contributed by atoms with E-state index in [1.807, 2.05) is 41.1 Å². The van der Waals surface area contributed by atoms with Crippen LogP contribution in [-0.2, 0) is 11.3 Å². The molecule has 1 aliphatic heterocycles. The molecule has 1 aromatic carbocycles. The summed E-state index contributed by atoms with van der Waals surface area (Å²) in [5.74, 6) is 0.129. The van der Waals surface area contributed by atoms with Crippen molar-refractivity contribution in [3.63, 3.8) is 0 Å². The molecule has 120 valence electrons. The molecule has 1 saturated heterocycles. The Morgan fingerprint density at radius 3 is 2.36 bits per heavy atom. The number of nitrogens with zero attached hydrogens (tertiary/aromatic N) is 2. The average molecular weight is 303 g/mol. The van der Waals surface area contributed by atoms with E-state index < -0.39 is 0 Å². The molecule has 5 heteroatoms. The van der Waals surface area contributed by atoms with Crippen LogP contribution in [0.25, 0.3) is 0 Å². The molecule has 1 aliphatic rings. The highest BCUT2D eigenvalue weighted by molar-refractivity contribution is 5.93. The van der Waals surface area contributed by atoms with Gasteiger partial charge in [-0.1, -0.05) is 12.1 Å². The largest absolute Gasteiger partial charge is 0.355 e. The Balaban J connectivity index is 1.84. The number of nitrogens with one attached hydrogen (secondary N) is 1. The van der Waals surface area contributed by atoms with Gasteiger partial charge in [0.05, 0.1) is 6.54 Å². The second-order valence-corrected chi connectivity index (χ2v) is 5.89. The number of rotatable bonds is 5. The molecule has 0 radical (unpaired) electrons. The Morgan fingerprint density at radius 2 is 1.77 bits per heavy atom. The van der Waals surface area contributed by atoms with E-state index in [-0.39, 0.29) is 11.8 Å². The summed E-state index contributed by atoms with van der Waals surface area (Å²) >= 11 is 0. The smallest absolute Gasteiger partial charge is 0.251 e. The molecule has 1 fully saturated rings. The number of carbonyl (C=O) groups is 2. The molecule has 0 saturated carbocycles. The van der Waals surface area contributed by atoms with Crippen LogP contribution in [0.15, 0.2) is 24.3 Å². The van der Waals surface area contributed by atoms with E-state index in [0.29, 0.717) is 18.7 Å². The van der Waals surface area contributed by atoms with Crippen LogP contribution < -0.4 is 5.32 Å². The first-order chi connectivity index (χ1) is 10.6. The quantitative estimate of drug-likeness (QED) is 0.896. The lowest BCUT2D eigenvalue weighted by Crippen LogP contribution is -2.41. The number of likely N-dealkylation sites (tertiary alicyclic amines) is 1. The van der Waals surface area contributed by atoms with Gasteiger partial charge in [0.1, 0.15) is 0 Å². The number of likely N-dealkylation sites (N-methyl/N-ethyl adjacent to an activating group) is 1. The Morgan fingerprint density at radius 1 is 1.14 bits per heavy atom. The third-order valence-electron chi connectivity index (χ3n) is 4.01. The predicted molar refractivity (Wildman–Crippen MR) is 86.6 cm³/mol. The Bertz CT molecular complexity index is 507. The topological polar surface area (TPSA) is 52.7 Å². The van der Waals surface area contributed by atoms with E-state index in [1.165, 1.54) is 6.42 Å². The van der Waals surface area contributed by atoms with E-state index in [0.717, 1.165) is 31.5 Å². The summed E-state index contributed by atoms with van der Waals surface area (Å²) in [4.78, 5) is 27.7. The van der Waals surface area contributed by atoms with Crippen molar-refractivity contribution in [2.75, 3.05) is 33.7 Å². The second-order valence-electron chi connectivity index (χ2n) is 5.89. The van der Waals surface area contributed by atoms with Gasteiger partial charge in [0, 0.05) is 32.2 Å². The molecular formula is C17H25N3O2. The van der Waals surface area contributed by atoms with Gasteiger partial charge in [-0.2, -0.15) is 0 Å². The molecule has 0 bridgehead atoms. The maximum Gasteiger partial charge on any atom is 0.251 e. The number of amides is 2. The van der Waals surface area contributed by atoms with Gasteiger partial charge in [-0.05, 0) is 44.0 Å². The second kappa shape index (κ2) is 7.94. The standard InChI is InChI=1S/C17H25N3O2/c1-18-17(22)15-8-6-14(7-9-15)12-19(2)13-16(21)20-10-4-3-5-11-20/h6-9H,3-5,10-13H2,1-2H3,(H,18,22). The minimum absolute atomic E-state index is 0.0832. The molecule has 0 spiro atoms. The van der Waals surface area contributed by atoms with Crippen molar-refractivity contribution in [3.05, 3.63) is 35.4 Å². The molecular weight excluding hydrogens is 278 g/mol. The lowest BCUT2D eigenvalue weighted by Gasteiger charge is -2.28. The summed E-state index contributed by atoms with van der Waals surface area (Å²) in [6.07, 6.45) is 3.48. The van der Waals surface area contributed by atoms with E-state index in [1.54, 1.807) is 7.05 Å². The van der Waals surface area contributed by atoms with Gasteiger partial charge in [-0.25, -0.2) is 0 Å². The van der Waals surface area contributed by atoms with Crippen LogP contribution >= 0.6 is 0 Å². The molecule has 2 amide bonds. The summed E-state index contributed by atoms with van der Waals surface area (Å²) < 4.78 is 0. The van der Waals surface area contributed by atoms with Crippen molar-refractivity contribution >= 4 is 11.8 Å². The first-order valence-corrected chi connectivity index (χ1v) is 7.87. The molecule has 2 rings (SSSR count). The summed E-state index contributed by atoms with van der Waals surface area (Å²) in [6.45, 7) is 2.94. The SMILES string of the molecule is CNC(=O)c1ccc(CN(C)CC(=O)N2CCCCC2)cc1. The maximum absolute atomic E-state index is 12.2. The number of hydrogen-bond acceptors (Lipinski definition) is 3. The van der Waals surface area contributed by atoms with Gasteiger partial charge in [-0.3, -0.25) is 14.5 Å². The lowest BCUT2D eigenvalue weighted by molar-refractivity contribution is -0.133. The van der Waals surface area contributed by atoms with Crippen LogP contribution in [0, 0.1) is 0 Å². The molecule has 0 aromatic heterocycles. The molecule has 1 heterocycles. The number of benzene rings is 1. The fraction of sp³-hybridized carbons (Fsp3) is 0.529. The number of hydrogen-bond donors (Lipinski definition) is 1. The van der Waals surface area contributed by atoms with E-state index in [9.17, 15) is 9.59 Å². The van der Waals surface area contributed by atoms with Gasteiger partial charge in [0.15, 0.2) is 0 Å². The van der Waals surface area contributed by atoms with Crippen LogP contribution in [0.2, 0.25) is 0 Å². The molecule has 0 atom stereocenters. The van der Waals surface area contributed by atoms with E-state index in [4.69, 9.17) is 0 Å². The minimum Gasteiger partial charge on any atom is -0.355 e. The van der Waals surface area contributed by atoms with Crippen molar-refractivity contribution in [3.8, 4) is 0 Å². The van der Waals surface area contributed by atoms with Gasteiger partial charge in [0.2, 0.25) is 5.91 Å². The summed E-state index contributed by atoms with van der Waals surface area (Å²) in [5.41, 5.74) is 1.75. The Hall–Kier alpha value is -1.88. The Kier molecular flexibility index (Phi) is 5.95. The normalized spacial score (nSPS) is 15.0. The minimum atomic E-state index is -0.0832. The first kappa shape index (κ1) is 16.5. The zero-order chi connectivity index (χ0) is 15.9. The van der Waals surface area contributed by atoms with Crippen LogP contribution in [-0.4, -0.2) is 55.3 Å². The highest BCUT2D eigenvalue weighted by Crippen LogP contribution is 2.10. The molecule has 0 aliphatic carbocycles. The van der Waals surface area contributed by atoms with Gasteiger partial charge in [-0.15, -0.1) is 0 Å². The van der Waals surface area contributed by atoms with Crippen molar-refractivity contribution in [2.24, 2.45) is 0 Å². The van der Waals surface area contributed by atoms with Crippen molar-refractivity contribution in [1.82, 2.24) is 15.1 Å². The van der Waals surface area contributed by atoms with Crippen molar-refractivity contribution in [1.29, 1.82) is 0 Å². The summed E-state index contributed by atoms with van der Waals surface area (Å²) in [6, 6.07) is 7.50. The molecule has 1 N–H and O–H groups in total. The summed E-state index contributed by atoms with van der Waals surface area (Å²) in [7, 11) is 3.57. The van der Waals surface area contributed by atoms with Crippen molar-refractivity contribution in [2.45, 2.75) is 25.8 Å². The fourth-order valence-electron chi connectivity index (χ4n) is 2.75. The first-order valence-electron chi connectivity index (χ1n) is 7.87. The molecule has 22 heavy (non-hydrogen) atoms.